The molecule has 1 aromatic carbocycles. The van der Waals surface area contributed by atoms with Gasteiger partial charge in [0.2, 0.25) is 0 Å². The lowest BCUT2D eigenvalue weighted by atomic mass is 9.97. The van der Waals surface area contributed by atoms with Crippen molar-refractivity contribution >= 4 is 16.7 Å². The zero-order chi connectivity index (χ0) is 24.6. The number of aromatic amines is 1. The van der Waals surface area contributed by atoms with E-state index in [-0.39, 0.29) is 5.69 Å². The Labute approximate surface area is 199 Å². The van der Waals surface area contributed by atoms with Gasteiger partial charge >= 0.3 is 6.18 Å². The van der Waals surface area contributed by atoms with Crippen molar-refractivity contribution in [2.75, 3.05) is 31.2 Å². The van der Waals surface area contributed by atoms with Gasteiger partial charge in [0.05, 0.1) is 36.2 Å². The van der Waals surface area contributed by atoms with Gasteiger partial charge in [0, 0.05) is 35.8 Å². The summed E-state index contributed by atoms with van der Waals surface area (Å²) in [6.07, 6.45) is -0.726. The Morgan fingerprint density at radius 2 is 1.86 bits per heavy atom. The number of ether oxygens (including phenoxy) is 1. The Balaban J connectivity index is 1.56. The predicted molar refractivity (Wildman–Crippen MR) is 125 cm³/mol. The number of nitrogens with one attached hydrogen (secondary N) is 1. The van der Waals surface area contributed by atoms with Gasteiger partial charge in [-0.05, 0) is 42.3 Å². The molecule has 5 rings (SSSR count). The van der Waals surface area contributed by atoms with E-state index >= 15 is 4.39 Å². The Bertz CT molecular complexity index is 1340. The summed E-state index contributed by atoms with van der Waals surface area (Å²) < 4.78 is 62.1. The maximum atomic E-state index is 15.0. The highest BCUT2D eigenvalue weighted by Gasteiger charge is 2.36. The number of hydrogen-bond acceptors (Lipinski definition) is 5. The number of rotatable bonds is 5. The molecule has 6 nitrogen and oxygen atoms in total. The third-order valence-corrected chi connectivity index (χ3v) is 6.05. The van der Waals surface area contributed by atoms with Crippen molar-refractivity contribution in [2.45, 2.75) is 25.9 Å². The molecule has 1 aliphatic rings. The van der Waals surface area contributed by atoms with Crippen LogP contribution >= 0.6 is 0 Å². The molecule has 1 N–H and O–H groups in total. The quantitative estimate of drug-likeness (QED) is 0.371. The third-order valence-electron chi connectivity index (χ3n) is 6.05. The zero-order valence-corrected chi connectivity index (χ0v) is 19.0. The summed E-state index contributed by atoms with van der Waals surface area (Å²) >= 11 is 0. The average Bonchev–Trinajstić information content (AvgIpc) is 3.27. The summed E-state index contributed by atoms with van der Waals surface area (Å²) in [5.74, 6) is -0.139. The monoisotopic (exact) mass is 485 g/mol. The summed E-state index contributed by atoms with van der Waals surface area (Å²) in [5.41, 5.74) is 0.309. The molecule has 4 aromatic rings. The van der Waals surface area contributed by atoms with Gasteiger partial charge in [-0.15, -0.1) is 0 Å². The molecule has 0 bridgehead atoms. The van der Waals surface area contributed by atoms with Gasteiger partial charge in [-0.1, -0.05) is 13.3 Å². The largest absolute Gasteiger partial charge is 0.417 e. The predicted octanol–water partition coefficient (Wildman–Crippen LogP) is 5.63. The molecule has 35 heavy (non-hydrogen) atoms. The van der Waals surface area contributed by atoms with Crippen LogP contribution in [0, 0.1) is 5.82 Å². The summed E-state index contributed by atoms with van der Waals surface area (Å²) in [4.78, 5) is 10.8. The van der Waals surface area contributed by atoms with Crippen LogP contribution in [0.3, 0.4) is 0 Å². The van der Waals surface area contributed by atoms with Gasteiger partial charge in [0.1, 0.15) is 17.3 Å². The second-order valence-electron chi connectivity index (χ2n) is 8.44. The van der Waals surface area contributed by atoms with Gasteiger partial charge < -0.3 is 9.64 Å². The van der Waals surface area contributed by atoms with Gasteiger partial charge in [-0.3, -0.25) is 10.1 Å². The van der Waals surface area contributed by atoms with E-state index in [1.54, 1.807) is 6.20 Å². The minimum atomic E-state index is -4.73. The van der Waals surface area contributed by atoms with Gasteiger partial charge in [-0.2, -0.15) is 18.3 Å². The molecule has 1 saturated heterocycles. The standard InChI is InChI=1S/C25H23F4N5O/c1-2-3-15-10-18(25(27,28)29)23(19(26)11-15)20-12-17-21(14-30-20)32-33-24(17)16-4-5-22(31-13-16)34-6-8-35-9-7-34/h4-5,10-14H,2-3,6-9H2,1H3,(H,32,33). The first-order valence-corrected chi connectivity index (χ1v) is 11.4. The molecule has 10 heteroatoms. The zero-order valence-electron chi connectivity index (χ0n) is 19.0. The van der Waals surface area contributed by atoms with Crippen molar-refractivity contribution in [2.24, 2.45) is 0 Å². The Kier molecular flexibility index (Phi) is 6.14. The Morgan fingerprint density at radius 1 is 1.06 bits per heavy atom. The summed E-state index contributed by atoms with van der Waals surface area (Å²) in [7, 11) is 0. The number of alkyl halides is 3. The normalized spacial score (nSPS) is 14.6. The number of fused-ring (bicyclic) bond motifs is 1. The second-order valence-corrected chi connectivity index (χ2v) is 8.44. The molecule has 0 saturated carbocycles. The molecule has 4 heterocycles. The summed E-state index contributed by atoms with van der Waals surface area (Å²) in [5, 5.41) is 7.69. The van der Waals surface area contributed by atoms with Gasteiger partial charge in [0.25, 0.3) is 0 Å². The smallest absolute Gasteiger partial charge is 0.378 e. The topological polar surface area (TPSA) is 66.9 Å². The number of aromatic nitrogens is 4. The highest BCUT2D eigenvalue weighted by molar-refractivity contribution is 5.94. The highest BCUT2D eigenvalue weighted by Crippen LogP contribution is 2.40. The number of pyridine rings is 2. The van der Waals surface area contributed by atoms with E-state index in [2.05, 4.69) is 25.1 Å². The second kappa shape index (κ2) is 9.26. The number of anilines is 1. The minimum Gasteiger partial charge on any atom is -0.378 e. The number of halogens is 4. The maximum Gasteiger partial charge on any atom is 0.417 e. The molecule has 3 aromatic heterocycles. The number of morpholine rings is 1. The van der Waals surface area contributed by atoms with E-state index in [1.807, 2.05) is 19.1 Å². The first kappa shape index (κ1) is 23.2. The van der Waals surface area contributed by atoms with Crippen LogP contribution in [-0.4, -0.2) is 46.5 Å². The van der Waals surface area contributed by atoms with Gasteiger partial charge in [-0.25, -0.2) is 9.37 Å². The summed E-state index contributed by atoms with van der Waals surface area (Å²) in [6.45, 7) is 4.60. The lowest BCUT2D eigenvalue weighted by Crippen LogP contribution is -2.36. The molecular formula is C25H23F4N5O. The molecule has 1 fully saturated rings. The van der Waals surface area contributed by atoms with Crippen molar-refractivity contribution in [1.29, 1.82) is 0 Å². The number of benzene rings is 1. The number of aryl methyl sites for hydroxylation is 1. The van der Waals surface area contributed by atoms with Crippen LogP contribution in [0.5, 0.6) is 0 Å². The lowest BCUT2D eigenvalue weighted by molar-refractivity contribution is -0.137. The van der Waals surface area contributed by atoms with Crippen molar-refractivity contribution in [3.05, 3.63) is 59.7 Å². The van der Waals surface area contributed by atoms with Crippen LogP contribution in [0.1, 0.15) is 24.5 Å². The van der Waals surface area contributed by atoms with Crippen LogP contribution in [0.4, 0.5) is 23.4 Å². The van der Waals surface area contributed by atoms with E-state index in [9.17, 15) is 13.2 Å². The molecular weight excluding hydrogens is 462 g/mol. The van der Waals surface area contributed by atoms with E-state index < -0.39 is 23.1 Å². The molecule has 182 valence electrons. The average molecular weight is 485 g/mol. The fourth-order valence-corrected chi connectivity index (χ4v) is 4.36. The maximum absolute atomic E-state index is 15.0. The molecule has 0 amide bonds. The van der Waals surface area contributed by atoms with Crippen molar-refractivity contribution in [1.82, 2.24) is 20.2 Å². The first-order valence-electron chi connectivity index (χ1n) is 11.4. The van der Waals surface area contributed by atoms with Crippen LogP contribution in [0.15, 0.2) is 42.7 Å². The lowest BCUT2D eigenvalue weighted by Gasteiger charge is -2.27. The number of nitrogens with zero attached hydrogens (tertiary/aromatic N) is 4. The van der Waals surface area contributed by atoms with Crippen LogP contribution < -0.4 is 4.90 Å². The third kappa shape index (κ3) is 4.58. The Hall–Kier alpha value is -3.53. The highest BCUT2D eigenvalue weighted by atomic mass is 19.4. The van der Waals surface area contributed by atoms with E-state index in [0.29, 0.717) is 53.8 Å². The fraction of sp³-hybridized carbons (Fsp3) is 0.320. The first-order chi connectivity index (χ1) is 16.8. The number of hydrogen-bond donors (Lipinski definition) is 1. The van der Waals surface area contributed by atoms with E-state index in [1.165, 1.54) is 12.3 Å². The van der Waals surface area contributed by atoms with Crippen molar-refractivity contribution < 1.29 is 22.3 Å². The molecule has 0 atom stereocenters. The van der Waals surface area contributed by atoms with Crippen LogP contribution in [0.2, 0.25) is 0 Å². The molecule has 0 aliphatic carbocycles. The van der Waals surface area contributed by atoms with Crippen molar-refractivity contribution in [3.63, 3.8) is 0 Å². The number of H-pyrrole nitrogens is 1. The molecule has 1 aliphatic heterocycles. The van der Waals surface area contributed by atoms with Crippen molar-refractivity contribution in [3.8, 4) is 22.5 Å². The van der Waals surface area contributed by atoms with E-state index in [0.717, 1.165) is 31.0 Å². The van der Waals surface area contributed by atoms with Gasteiger partial charge in [0.15, 0.2) is 0 Å². The SMILES string of the molecule is CCCc1cc(F)c(-c2cc3c(-c4ccc(N5CCOCC5)nc4)n[nH]c3cn2)c(C(F)(F)F)c1. The van der Waals surface area contributed by atoms with Crippen LogP contribution in [-0.2, 0) is 17.3 Å². The molecule has 0 unspecified atom stereocenters. The fourth-order valence-electron chi connectivity index (χ4n) is 4.36. The van der Waals surface area contributed by atoms with Crippen LogP contribution in [0.25, 0.3) is 33.4 Å². The molecule has 0 radical (unpaired) electrons. The minimum absolute atomic E-state index is 0.106. The molecule has 0 spiro atoms. The summed E-state index contributed by atoms with van der Waals surface area (Å²) in [6, 6.07) is 7.34. The Morgan fingerprint density at radius 3 is 2.54 bits per heavy atom. The van der Waals surface area contributed by atoms with E-state index in [4.69, 9.17) is 4.74 Å².